The molecule has 0 amide bonds. The number of nitrogens with zero attached hydrogens (tertiary/aromatic N) is 2. The maximum atomic E-state index is 5.37. The summed E-state index contributed by atoms with van der Waals surface area (Å²) in [5, 5.41) is 3.53. The van der Waals surface area contributed by atoms with Gasteiger partial charge in [0.25, 0.3) is 11.8 Å². The highest BCUT2D eigenvalue weighted by Gasteiger charge is 2.10. The molecule has 2 aromatic rings. The third kappa shape index (κ3) is 1.90. The molecule has 4 nitrogen and oxygen atoms in total. The monoisotopic (exact) mass is 365 g/mol. The lowest BCUT2D eigenvalue weighted by molar-refractivity contribution is 0.433. The molecule has 0 saturated heterocycles. The molecule has 0 aliphatic rings. The standard InChI is InChI=1S/C8H5BrIN3O/c9-6-2-1-4(10)3-5(6)7-12-8(11)13-14-7/h1-3H,(H2,11,13). The highest BCUT2D eigenvalue weighted by molar-refractivity contribution is 14.1. The van der Waals surface area contributed by atoms with Crippen LogP contribution in [0.5, 0.6) is 0 Å². The maximum Gasteiger partial charge on any atom is 0.261 e. The summed E-state index contributed by atoms with van der Waals surface area (Å²) >= 11 is 5.62. The van der Waals surface area contributed by atoms with Gasteiger partial charge in [-0.1, -0.05) is 0 Å². The number of aromatic nitrogens is 2. The van der Waals surface area contributed by atoms with Crippen LogP contribution in [0.25, 0.3) is 11.5 Å². The second-order valence-electron chi connectivity index (χ2n) is 2.58. The largest absolute Gasteiger partial charge is 0.365 e. The zero-order valence-electron chi connectivity index (χ0n) is 6.87. The molecule has 0 atom stereocenters. The average molecular weight is 366 g/mol. The van der Waals surface area contributed by atoms with E-state index in [-0.39, 0.29) is 5.95 Å². The third-order valence-electron chi connectivity index (χ3n) is 1.60. The Morgan fingerprint density at radius 3 is 2.86 bits per heavy atom. The van der Waals surface area contributed by atoms with Crippen LogP contribution in [0.4, 0.5) is 5.95 Å². The first-order valence-corrected chi connectivity index (χ1v) is 5.58. The first-order valence-electron chi connectivity index (χ1n) is 3.71. The van der Waals surface area contributed by atoms with Crippen LogP contribution in [0.3, 0.4) is 0 Å². The molecule has 0 saturated carbocycles. The van der Waals surface area contributed by atoms with Crippen LogP contribution in [0.1, 0.15) is 0 Å². The van der Waals surface area contributed by atoms with Gasteiger partial charge in [-0.15, -0.1) is 0 Å². The quantitative estimate of drug-likeness (QED) is 0.789. The smallest absolute Gasteiger partial charge is 0.261 e. The summed E-state index contributed by atoms with van der Waals surface area (Å²) in [4.78, 5) is 3.95. The normalized spacial score (nSPS) is 10.4. The average Bonchev–Trinajstić information content (AvgIpc) is 2.56. The van der Waals surface area contributed by atoms with Gasteiger partial charge in [0.05, 0.1) is 5.56 Å². The Morgan fingerprint density at radius 1 is 1.43 bits per heavy atom. The van der Waals surface area contributed by atoms with Crippen LogP contribution in [0, 0.1) is 3.57 Å². The highest BCUT2D eigenvalue weighted by atomic mass is 127. The van der Waals surface area contributed by atoms with Gasteiger partial charge in [-0.3, -0.25) is 0 Å². The van der Waals surface area contributed by atoms with Crippen LogP contribution in [0.2, 0.25) is 0 Å². The molecule has 0 spiro atoms. The molecule has 1 aromatic heterocycles. The lowest BCUT2D eigenvalue weighted by Gasteiger charge is -1.98. The number of nitrogens with two attached hydrogens (primary N) is 1. The van der Waals surface area contributed by atoms with Crippen molar-refractivity contribution in [2.75, 3.05) is 5.73 Å². The van der Waals surface area contributed by atoms with Gasteiger partial charge in [0.2, 0.25) is 0 Å². The van der Waals surface area contributed by atoms with Gasteiger partial charge >= 0.3 is 0 Å². The van der Waals surface area contributed by atoms with Gasteiger partial charge in [0.15, 0.2) is 0 Å². The molecule has 0 aliphatic heterocycles. The number of anilines is 1. The van der Waals surface area contributed by atoms with Crippen LogP contribution >= 0.6 is 38.5 Å². The Morgan fingerprint density at radius 2 is 2.21 bits per heavy atom. The number of rotatable bonds is 1. The zero-order valence-corrected chi connectivity index (χ0v) is 10.6. The summed E-state index contributed by atoms with van der Waals surface area (Å²) in [5.74, 6) is 0.568. The van der Waals surface area contributed by atoms with E-state index in [4.69, 9.17) is 10.3 Å². The molecule has 0 radical (unpaired) electrons. The van der Waals surface area contributed by atoms with E-state index < -0.39 is 0 Å². The number of hydrogen-bond acceptors (Lipinski definition) is 4. The second-order valence-corrected chi connectivity index (χ2v) is 4.68. The summed E-state index contributed by atoms with van der Waals surface area (Å²) < 4.78 is 6.97. The fourth-order valence-corrected chi connectivity index (χ4v) is 1.91. The summed E-state index contributed by atoms with van der Waals surface area (Å²) in [6.07, 6.45) is 0. The van der Waals surface area contributed by atoms with Crippen molar-refractivity contribution < 1.29 is 4.52 Å². The first kappa shape index (κ1) is 9.91. The minimum absolute atomic E-state index is 0.144. The van der Waals surface area contributed by atoms with Crippen molar-refractivity contribution >= 4 is 44.5 Å². The lowest BCUT2D eigenvalue weighted by atomic mass is 10.2. The van der Waals surface area contributed by atoms with Crippen LogP contribution in [-0.4, -0.2) is 10.1 Å². The minimum Gasteiger partial charge on any atom is -0.365 e. The number of nitrogen functional groups attached to an aromatic ring is 1. The van der Waals surface area contributed by atoms with Crippen LogP contribution < -0.4 is 5.73 Å². The Hall–Kier alpha value is -0.630. The molecule has 14 heavy (non-hydrogen) atoms. The van der Waals surface area contributed by atoms with Gasteiger partial charge in [0, 0.05) is 8.04 Å². The van der Waals surface area contributed by atoms with Crippen molar-refractivity contribution in [3.63, 3.8) is 0 Å². The predicted molar refractivity (Wildman–Crippen MR) is 64.6 cm³/mol. The third-order valence-corrected chi connectivity index (χ3v) is 2.96. The molecular formula is C8H5BrIN3O. The second kappa shape index (κ2) is 3.85. The fraction of sp³-hybridized carbons (Fsp3) is 0. The topological polar surface area (TPSA) is 64.9 Å². The predicted octanol–water partition coefficient (Wildman–Crippen LogP) is 2.69. The van der Waals surface area contributed by atoms with Gasteiger partial charge in [-0.05, 0) is 61.9 Å². The lowest BCUT2D eigenvalue weighted by Crippen LogP contribution is -1.86. The SMILES string of the molecule is Nc1noc(-c2cc(I)ccc2Br)n1. The Labute approximate surface area is 102 Å². The van der Waals surface area contributed by atoms with Crippen molar-refractivity contribution in [3.8, 4) is 11.5 Å². The van der Waals surface area contributed by atoms with Crippen molar-refractivity contribution in [3.05, 3.63) is 26.2 Å². The number of hydrogen-bond donors (Lipinski definition) is 1. The fourth-order valence-electron chi connectivity index (χ4n) is 1.01. The number of benzene rings is 1. The molecular weight excluding hydrogens is 361 g/mol. The van der Waals surface area contributed by atoms with E-state index in [2.05, 4.69) is 48.7 Å². The number of halogens is 2. The van der Waals surface area contributed by atoms with Gasteiger partial charge < -0.3 is 10.3 Å². The molecule has 0 bridgehead atoms. The molecule has 2 N–H and O–H groups in total. The minimum atomic E-state index is 0.144. The molecule has 72 valence electrons. The highest BCUT2D eigenvalue weighted by Crippen LogP contribution is 2.28. The van der Waals surface area contributed by atoms with E-state index in [1.165, 1.54) is 0 Å². The van der Waals surface area contributed by atoms with Gasteiger partial charge in [-0.2, -0.15) is 4.98 Å². The van der Waals surface area contributed by atoms with E-state index in [0.717, 1.165) is 13.6 Å². The Balaban J connectivity index is 2.55. The molecule has 0 fully saturated rings. The van der Waals surface area contributed by atoms with Crippen molar-refractivity contribution in [2.24, 2.45) is 0 Å². The molecule has 2 rings (SSSR count). The van der Waals surface area contributed by atoms with Crippen molar-refractivity contribution in [1.29, 1.82) is 0 Å². The molecule has 6 heteroatoms. The molecule has 1 heterocycles. The summed E-state index contributed by atoms with van der Waals surface area (Å²) in [7, 11) is 0. The van der Waals surface area contributed by atoms with E-state index in [1.54, 1.807) is 0 Å². The van der Waals surface area contributed by atoms with E-state index in [1.807, 2.05) is 18.2 Å². The summed E-state index contributed by atoms with van der Waals surface area (Å²) in [5.41, 5.74) is 6.22. The molecule has 1 aromatic carbocycles. The van der Waals surface area contributed by atoms with Crippen LogP contribution in [0.15, 0.2) is 27.2 Å². The zero-order chi connectivity index (χ0) is 10.1. The summed E-state index contributed by atoms with van der Waals surface area (Å²) in [6.45, 7) is 0. The summed E-state index contributed by atoms with van der Waals surface area (Å²) in [6, 6.07) is 5.85. The van der Waals surface area contributed by atoms with E-state index in [9.17, 15) is 0 Å². The first-order chi connectivity index (χ1) is 6.66. The Kier molecular flexibility index (Phi) is 2.73. The molecule has 0 unspecified atom stereocenters. The van der Waals surface area contributed by atoms with Crippen LogP contribution in [-0.2, 0) is 0 Å². The maximum absolute atomic E-state index is 5.37. The van der Waals surface area contributed by atoms with Gasteiger partial charge in [0.1, 0.15) is 0 Å². The van der Waals surface area contributed by atoms with Crippen molar-refractivity contribution in [1.82, 2.24) is 10.1 Å². The molecule has 0 aliphatic carbocycles. The van der Waals surface area contributed by atoms with E-state index in [0.29, 0.717) is 5.89 Å². The van der Waals surface area contributed by atoms with E-state index >= 15 is 0 Å². The van der Waals surface area contributed by atoms with Gasteiger partial charge in [-0.25, -0.2) is 0 Å². The Bertz CT molecular complexity index is 471. The van der Waals surface area contributed by atoms with Crippen molar-refractivity contribution in [2.45, 2.75) is 0 Å².